The van der Waals surface area contributed by atoms with E-state index in [-0.39, 0.29) is 11.9 Å². The van der Waals surface area contributed by atoms with Crippen LogP contribution in [0.4, 0.5) is 0 Å². The Morgan fingerprint density at radius 1 is 1.16 bits per heavy atom. The summed E-state index contributed by atoms with van der Waals surface area (Å²) in [5, 5.41) is 15.1. The smallest absolute Gasteiger partial charge is 0.230 e. The highest BCUT2D eigenvalue weighted by Crippen LogP contribution is 2.40. The van der Waals surface area contributed by atoms with Crippen molar-refractivity contribution in [2.45, 2.75) is 13.0 Å². The van der Waals surface area contributed by atoms with Gasteiger partial charge in [-0.25, -0.2) is 4.98 Å². The van der Waals surface area contributed by atoms with Gasteiger partial charge < -0.3 is 10.0 Å². The SMILES string of the molecule is Cc1nc2sc([C@@H](c3ccc(Br)cc3)N3CCN(C)CC3)c(O)n2n1. The van der Waals surface area contributed by atoms with Gasteiger partial charge in [0.25, 0.3) is 0 Å². The summed E-state index contributed by atoms with van der Waals surface area (Å²) < 4.78 is 2.60. The first-order chi connectivity index (χ1) is 12.0. The fourth-order valence-corrected chi connectivity index (χ4v) is 4.71. The standard InChI is InChI=1S/C17H20BrN5OS/c1-11-19-17-23(20-11)16(24)15(25-17)14(12-3-5-13(18)6-4-12)22-9-7-21(2)8-10-22/h3-6,14,24H,7-10H2,1-2H3/t14-/m1/s1. The molecule has 0 bridgehead atoms. The van der Waals surface area contributed by atoms with E-state index in [0.717, 1.165) is 40.5 Å². The molecule has 0 unspecified atom stereocenters. The van der Waals surface area contributed by atoms with Crippen molar-refractivity contribution >= 4 is 32.2 Å². The molecule has 4 rings (SSSR count). The lowest BCUT2D eigenvalue weighted by Gasteiger charge is -2.37. The predicted octanol–water partition coefficient (Wildman–Crippen LogP) is 2.90. The highest BCUT2D eigenvalue weighted by Gasteiger charge is 2.31. The number of nitrogens with zero attached hydrogens (tertiary/aromatic N) is 5. The van der Waals surface area contributed by atoms with Crippen LogP contribution in [0.2, 0.25) is 0 Å². The molecule has 3 heterocycles. The van der Waals surface area contributed by atoms with Gasteiger partial charge in [-0.3, -0.25) is 4.90 Å². The van der Waals surface area contributed by atoms with E-state index >= 15 is 0 Å². The summed E-state index contributed by atoms with van der Waals surface area (Å²) in [6.07, 6.45) is 0. The Labute approximate surface area is 158 Å². The van der Waals surface area contributed by atoms with Gasteiger partial charge in [0.1, 0.15) is 5.82 Å². The molecule has 0 aliphatic carbocycles. The average molecular weight is 422 g/mol. The van der Waals surface area contributed by atoms with E-state index in [4.69, 9.17) is 0 Å². The van der Waals surface area contributed by atoms with Gasteiger partial charge in [-0.15, -0.1) is 5.10 Å². The van der Waals surface area contributed by atoms with Crippen LogP contribution in [0.3, 0.4) is 0 Å². The van der Waals surface area contributed by atoms with Crippen LogP contribution in [0, 0.1) is 6.92 Å². The van der Waals surface area contributed by atoms with Crippen LogP contribution in [0.15, 0.2) is 28.7 Å². The number of thiazole rings is 1. The van der Waals surface area contributed by atoms with Gasteiger partial charge >= 0.3 is 0 Å². The maximum Gasteiger partial charge on any atom is 0.230 e. The lowest BCUT2D eigenvalue weighted by molar-refractivity contribution is 0.127. The van der Waals surface area contributed by atoms with Crippen molar-refractivity contribution in [2.24, 2.45) is 0 Å². The van der Waals surface area contributed by atoms with Crippen LogP contribution in [0.25, 0.3) is 4.96 Å². The van der Waals surface area contributed by atoms with Crippen LogP contribution in [0.5, 0.6) is 5.88 Å². The second-order valence-electron chi connectivity index (χ2n) is 6.44. The predicted molar refractivity (Wildman–Crippen MR) is 102 cm³/mol. The van der Waals surface area contributed by atoms with E-state index in [0.29, 0.717) is 5.82 Å². The van der Waals surface area contributed by atoms with Gasteiger partial charge in [-0.05, 0) is 31.7 Å². The zero-order valence-electron chi connectivity index (χ0n) is 14.2. The molecule has 0 amide bonds. The van der Waals surface area contributed by atoms with Gasteiger partial charge in [0, 0.05) is 30.7 Å². The van der Waals surface area contributed by atoms with Crippen LogP contribution < -0.4 is 0 Å². The number of rotatable bonds is 3. The van der Waals surface area contributed by atoms with Crippen LogP contribution in [0.1, 0.15) is 22.3 Å². The molecule has 1 aliphatic rings. The topological polar surface area (TPSA) is 56.9 Å². The summed E-state index contributed by atoms with van der Waals surface area (Å²) in [6.45, 7) is 5.81. The number of piperazine rings is 1. The summed E-state index contributed by atoms with van der Waals surface area (Å²) in [5.74, 6) is 0.875. The number of benzene rings is 1. The molecule has 1 aromatic carbocycles. The highest BCUT2D eigenvalue weighted by molar-refractivity contribution is 9.10. The Kier molecular flexibility index (Phi) is 4.53. The number of hydrogen-bond donors (Lipinski definition) is 1. The van der Waals surface area contributed by atoms with E-state index in [2.05, 4.69) is 67.1 Å². The van der Waals surface area contributed by atoms with Crippen LogP contribution in [-0.2, 0) is 0 Å². The monoisotopic (exact) mass is 421 g/mol. The minimum absolute atomic E-state index is 0.00982. The molecule has 0 spiro atoms. The number of aromatic hydroxyl groups is 1. The molecule has 1 atom stereocenters. The molecule has 25 heavy (non-hydrogen) atoms. The number of aryl methyl sites for hydroxylation is 1. The molecule has 1 aliphatic heterocycles. The lowest BCUT2D eigenvalue weighted by Crippen LogP contribution is -2.46. The molecule has 1 saturated heterocycles. The van der Waals surface area contributed by atoms with Crippen LogP contribution in [-0.4, -0.2) is 62.7 Å². The first-order valence-electron chi connectivity index (χ1n) is 8.26. The summed E-state index contributed by atoms with van der Waals surface area (Å²) in [7, 11) is 2.15. The Morgan fingerprint density at radius 3 is 2.48 bits per heavy atom. The third kappa shape index (κ3) is 3.19. The molecule has 8 heteroatoms. The molecule has 1 N–H and O–H groups in total. The molecule has 1 fully saturated rings. The largest absolute Gasteiger partial charge is 0.492 e. The highest BCUT2D eigenvalue weighted by atomic mass is 79.9. The fourth-order valence-electron chi connectivity index (χ4n) is 3.28. The van der Waals surface area contributed by atoms with Gasteiger partial charge in [0.05, 0.1) is 10.9 Å². The minimum atomic E-state index is 0.00982. The van der Waals surface area contributed by atoms with Crippen molar-refractivity contribution in [3.63, 3.8) is 0 Å². The van der Waals surface area contributed by atoms with E-state index < -0.39 is 0 Å². The van der Waals surface area contributed by atoms with Crippen molar-refractivity contribution < 1.29 is 5.11 Å². The third-order valence-electron chi connectivity index (χ3n) is 4.64. The Bertz CT molecular complexity index is 882. The molecular formula is C17H20BrN5OS. The number of likely N-dealkylation sites (N-methyl/N-ethyl adjacent to an activating group) is 1. The molecule has 2 aromatic heterocycles. The van der Waals surface area contributed by atoms with Gasteiger partial charge in [0.2, 0.25) is 10.8 Å². The zero-order valence-corrected chi connectivity index (χ0v) is 16.6. The van der Waals surface area contributed by atoms with Crippen molar-refractivity contribution in [1.29, 1.82) is 0 Å². The first-order valence-corrected chi connectivity index (χ1v) is 9.87. The maximum absolute atomic E-state index is 10.8. The van der Waals surface area contributed by atoms with E-state index in [1.807, 2.05) is 6.92 Å². The quantitative estimate of drug-likeness (QED) is 0.704. The van der Waals surface area contributed by atoms with Crippen molar-refractivity contribution in [3.8, 4) is 5.88 Å². The molecule has 6 nitrogen and oxygen atoms in total. The second kappa shape index (κ2) is 6.68. The first kappa shape index (κ1) is 17.0. The summed E-state index contributed by atoms with van der Waals surface area (Å²) in [5.41, 5.74) is 1.17. The maximum atomic E-state index is 10.8. The van der Waals surface area contributed by atoms with Gasteiger partial charge in [-0.1, -0.05) is 39.4 Å². The van der Waals surface area contributed by atoms with Crippen molar-refractivity contribution in [3.05, 3.63) is 45.0 Å². The number of hydrogen-bond acceptors (Lipinski definition) is 6. The average Bonchev–Trinajstić information content (AvgIpc) is 3.09. The molecule has 3 aromatic rings. The Balaban J connectivity index is 1.79. The second-order valence-corrected chi connectivity index (χ2v) is 8.36. The van der Waals surface area contributed by atoms with E-state index in [1.165, 1.54) is 16.9 Å². The van der Waals surface area contributed by atoms with Gasteiger partial charge in [0.15, 0.2) is 0 Å². The number of halogens is 1. The molecule has 0 radical (unpaired) electrons. The van der Waals surface area contributed by atoms with Crippen molar-refractivity contribution in [2.75, 3.05) is 33.2 Å². The zero-order chi connectivity index (χ0) is 17.6. The minimum Gasteiger partial charge on any atom is -0.492 e. The number of aromatic nitrogens is 3. The summed E-state index contributed by atoms with van der Waals surface area (Å²) in [4.78, 5) is 10.8. The van der Waals surface area contributed by atoms with Crippen molar-refractivity contribution in [1.82, 2.24) is 24.4 Å². The fraction of sp³-hybridized carbons (Fsp3) is 0.412. The number of fused-ring (bicyclic) bond motifs is 1. The Morgan fingerprint density at radius 2 is 1.84 bits per heavy atom. The normalized spacial score (nSPS) is 18.0. The lowest BCUT2D eigenvalue weighted by atomic mass is 10.0. The van der Waals surface area contributed by atoms with E-state index in [1.54, 1.807) is 4.52 Å². The summed E-state index contributed by atoms with van der Waals surface area (Å²) >= 11 is 5.03. The van der Waals surface area contributed by atoms with Crippen LogP contribution >= 0.6 is 27.3 Å². The summed E-state index contributed by atoms with van der Waals surface area (Å²) in [6, 6.07) is 8.35. The third-order valence-corrected chi connectivity index (χ3v) is 6.24. The molecular weight excluding hydrogens is 402 g/mol. The molecule has 0 saturated carbocycles. The van der Waals surface area contributed by atoms with E-state index in [9.17, 15) is 5.11 Å². The van der Waals surface area contributed by atoms with Gasteiger partial charge in [-0.2, -0.15) is 4.52 Å². The Hall–Kier alpha value is -1.48. The molecule has 132 valence electrons.